The van der Waals surface area contributed by atoms with E-state index in [1.165, 1.54) is 31.2 Å². The van der Waals surface area contributed by atoms with Gasteiger partial charge in [0.1, 0.15) is 17.1 Å². The SMILES string of the molecule is C/C(=N\NC(=O)c1ccc(C(=O)O)c([N+](=O)[O-])c1)c1nsc(-c2ccc(F)cc2)c1O. The van der Waals surface area contributed by atoms with Gasteiger partial charge in [-0.3, -0.25) is 14.9 Å². The number of carboxylic acids is 1. The molecule has 0 saturated heterocycles. The largest absolute Gasteiger partial charge is 0.504 e. The van der Waals surface area contributed by atoms with Crippen molar-refractivity contribution in [3.8, 4) is 16.2 Å². The molecule has 1 heterocycles. The molecule has 0 aliphatic heterocycles. The standard InChI is InChI=1S/C19H13FN4O6S/c1-9(15-16(25)17(31-23-15)10-2-5-12(20)6-3-10)21-22-18(26)11-4-7-13(19(27)28)14(8-11)24(29)30/h2-8,25H,1H3,(H,22,26)(H,27,28)/b21-9+. The number of nitro benzene ring substituents is 1. The molecule has 1 aromatic heterocycles. The van der Waals surface area contributed by atoms with E-state index in [-0.39, 0.29) is 22.7 Å². The summed E-state index contributed by atoms with van der Waals surface area (Å²) in [6, 6.07) is 8.34. The molecule has 0 bridgehead atoms. The van der Waals surface area contributed by atoms with Gasteiger partial charge in [-0.25, -0.2) is 14.6 Å². The molecule has 10 nitrogen and oxygen atoms in total. The van der Waals surface area contributed by atoms with Crippen LogP contribution in [0.5, 0.6) is 5.75 Å². The number of benzene rings is 2. The van der Waals surface area contributed by atoms with Gasteiger partial charge in [0.15, 0.2) is 5.75 Å². The summed E-state index contributed by atoms with van der Waals surface area (Å²) in [5.74, 6) is -2.95. The maximum atomic E-state index is 13.1. The third-order valence-corrected chi connectivity index (χ3v) is 5.01. The zero-order valence-corrected chi connectivity index (χ0v) is 16.5. The van der Waals surface area contributed by atoms with Crippen molar-refractivity contribution in [1.82, 2.24) is 9.80 Å². The normalized spacial score (nSPS) is 11.2. The molecule has 3 aromatic rings. The molecule has 12 heteroatoms. The first-order valence-electron chi connectivity index (χ1n) is 8.50. The number of amides is 1. The minimum absolute atomic E-state index is 0.0943. The zero-order valence-electron chi connectivity index (χ0n) is 15.7. The van der Waals surface area contributed by atoms with Crippen LogP contribution in [0, 0.1) is 15.9 Å². The summed E-state index contributed by atoms with van der Waals surface area (Å²) in [5.41, 5.74) is 1.50. The minimum Gasteiger partial charge on any atom is -0.504 e. The number of aromatic carboxylic acids is 1. The third-order valence-electron chi connectivity index (χ3n) is 4.13. The summed E-state index contributed by atoms with van der Waals surface area (Å²) in [4.78, 5) is 33.9. The quantitative estimate of drug-likeness (QED) is 0.299. The van der Waals surface area contributed by atoms with Gasteiger partial charge in [-0.05, 0) is 48.3 Å². The van der Waals surface area contributed by atoms with Crippen LogP contribution < -0.4 is 5.43 Å². The van der Waals surface area contributed by atoms with Gasteiger partial charge < -0.3 is 10.2 Å². The van der Waals surface area contributed by atoms with E-state index in [9.17, 15) is 29.2 Å². The van der Waals surface area contributed by atoms with Crippen molar-refractivity contribution < 1.29 is 29.1 Å². The zero-order chi connectivity index (χ0) is 22.7. The maximum absolute atomic E-state index is 13.1. The second kappa shape index (κ2) is 8.67. The predicted octanol–water partition coefficient (Wildman–Crippen LogP) is 3.42. The summed E-state index contributed by atoms with van der Waals surface area (Å²) >= 11 is 0.957. The number of carbonyl (C=O) groups excluding carboxylic acids is 1. The van der Waals surface area contributed by atoms with Gasteiger partial charge in [-0.2, -0.15) is 9.47 Å². The van der Waals surface area contributed by atoms with Gasteiger partial charge in [0.25, 0.3) is 11.6 Å². The summed E-state index contributed by atoms with van der Waals surface area (Å²) in [7, 11) is 0. The molecular weight excluding hydrogens is 431 g/mol. The lowest BCUT2D eigenvalue weighted by atomic mass is 10.1. The molecule has 1 amide bonds. The summed E-state index contributed by atoms with van der Waals surface area (Å²) < 4.78 is 17.2. The van der Waals surface area contributed by atoms with Gasteiger partial charge in [0, 0.05) is 11.6 Å². The number of aromatic nitrogens is 1. The lowest BCUT2D eigenvalue weighted by molar-refractivity contribution is -0.385. The summed E-state index contributed by atoms with van der Waals surface area (Å²) in [6.45, 7) is 1.47. The van der Waals surface area contributed by atoms with Crippen LogP contribution in [-0.4, -0.2) is 37.1 Å². The van der Waals surface area contributed by atoms with E-state index < -0.39 is 33.9 Å². The van der Waals surface area contributed by atoms with Crippen LogP contribution in [0.25, 0.3) is 10.4 Å². The van der Waals surface area contributed by atoms with E-state index in [1.54, 1.807) is 0 Å². The van der Waals surface area contributed by atoms with Gasteiger partial charge >= 0.3 is 5.97 Å². The Bertz CT molecular complexity index is 1220. The highest BCUT2D eigenvalue weighted by molar-refractivity contribution is 7.10. The molecular formula is C19H13FN4O6S. The number of hydrazone groups is 1. The molecule has 0 saturated carbocycles. The second-order valence-electron chi connectivity index (χ2n) is 6.15. The molecule has 0 spiro atoms. The van der Waals surface area contributed by atoms with E-state index >= 15 is 0 Å². The molecule has 2 aromatic carbocycles. The highest BCUT2D eigenvalue weighted by atomic mass is 32.1. The average Bonchev–Trinajstić information content (AvgIpc) is 3.13. The Hall–Kier alpha value is -4.19. The number of nitro groups is 1. The number of carbonyl (C=O) groups is 2. The van der Waals surface area contributed by atoms with Crippen LogP contribution in [-0.2, 0) is 0 Å². The van der Waals surface area contributed by atoms with Crippen LogP contribution in [0.15, 0.2) is 47.6 Å². The lowest BCUT2D eigenvalue weighted by Crippen LogP contribution is -2.20. The van der Waals surface area contributed by atoms with E-state index in [4.69, 9.17) is 5.11 Å². The Labute approximate surface area is 177 Å². The molecule has 0 atom stereocenters. The van der Waals surface area contributed by atoms with Gasteiger partial charge in [0.2, 0.25) is 0 Å². The van der Waals surface area contributed by atoms with Crippen molar-refractivity contribution >= 4 is 34.8 Å². The van der Waals surface area contributed by atoms with Crippen LogP contribution in [0.1, 0.15) is 33.3 Å². The van der Waals surface area contributed by atoms with E-state index in [0.717, 1.165) is 29.7 Å². The van der Waals surface area contributed by atoms with Gasteiger partial charge in [-0.15, -0.1) is 0 Å². The smallest absolute Gasteiger partial charge is 0.342 e. The molecule has 0 unspecified atom stereocenters. The first-order valence-corrected chi connectivity index (χ1v) is 9.27. The van der Waals surface area contributed by atoms with E-state index in [0.29, 0.717) is 10.4 Å². The monoisotopic (exact) mass is 444 g/mol. The first kappa shape index (κ1) is 21.5. The molecule has 0 radical (unpaired) electrons. The van der Waals surface area contributed by atoms with Crippen molar-refractivity contribution in [2.75, 3.05) is 0 Å². The fourth-order valence-corrected chi connectivity index (χ4v) is 3.40. The molecule has 3 rings (SSSR count). The molecule has 0 aliphatic rings. The van der Waals surface area contributed by atoms with Crippen molar-refractivity contribution in [1.29, 1.82) is 0 Å². The fraction of sp³-hybridized carbons (Fsp3) is 0.0526. The molecule has 0 fully saturated rings. The van der Waals surface area contributed by atoms with Crippen molar-refractivity contribution in [3.05, 3.63) is 75.2 Å². The summed E-state index contributed by atoms with van der Waals surface area (Å²) in [5, 5.41) is 34.3. The maximum Gasteiger partial charge on any atom is 0.342 e. The van der Waals surface area contributed by atoms with Crippen LogP contribution in [0.4, 0.5) is 10.1 Å². The van der Waals surface area contributed by atoms with Crippen molar-refractivity contribution in [2.24, 2.45) is 5.10 Å². The Morgan fingerprint density at radius 1 is 1.23 bits per heavy atom. The van der Waals surface area contributed by atoms with Crippen molar-refractivity contribution in [2.45, 2.75) is 6.92 Å². The van der Waals surface area contributed by atoms with Crippen molar-refractivity contribution in [3.63, 3.8) is 0 Å². The number of halogens is 1. The Kier molecular flexibility index (Phi) is 6.02. The highest BCUT2D eigenvalue weighted by Crippen LogP contribution is 2.36. The van der Waals surface area contributed by atoms with E-state index in [2.05, 4.69) is 14.9 Å². The predicted molar refractivity (Wildman–Crippen MR) is 109 cm³/mol. The fourth-order valence-electron chi connectivity index (χ4n) is 2.57. The summed E-state index contributed by atoms with van der Waals surface area (Å²) in [6.07, 6.45) is 0. The number of carboxylic acid groups (broad SMARTS) is 1. The lowest BCUT2D eigenvalue weighted by Gasteiger charge is -2.04. The van der Waals surface area contributed by atoms with E-state index in [1.807, 2.05) is 0 Å². The molecule has 0 aliphatic carbocycles. The Morgan fingerprint density at radius 2 is 1.90 bits per heavy atom. The Balaban J connectivity index is 1.82. The highest BCUT2D eigenvalue weighted by Gasteiger charge is 2.22. The van der Waals surface area contributed by atoms with Gasteiger partial charge in [0.05, 0.1) is 15.5 Å². The topological polar surface area (TPSA) is 155 Å². The van der Waals surface area contributed by atoms with Crippen LogP contribution in [0.3, 0.4) is 0 Å². The van der Waals surface area contributed by atoms with Crippen LogP contribution >= 0.6 is 11.5 Å². The molecule has 31 heavy (non-hydrogen) atoms. The number of nitrogens with zero attached hydrogens (tertiary/aromatic N) is 3. The molecule has 3 N–H and O–H groups in total. The number of hydrogen-bond acceptors (Lipinski definition) is 8. The third kappa shape index (κ3) is 4.53. The number of nitrogens with one attached hydrogen (secondary N) is 1. The second-order valence-corrected chi connectivity index (χ2v) is 6.92. The number of aromatic hydroxyl groups is 1. The minimum atomic E-state index is -1.50. The number of rotatable bonds is 6. The van der Waals surface area contributed by atoms with Gasteiger partial charge in [-0.1, -0.05) is 12.1 Å². The average molecular weight is 444 g/mol. The first-order chi connectivity index (χ1) is 14.7. The van der Waals surface area contributed by atoms with Crippen LogP contribution in [0.2, 0.25) is 0 Å². The Morgan fingerprint density at radius 3 is 2.52 bits per heavy atom. The number of hydrogen-bond donors (Lipinski definition) is 3. The molecule has 158 valence electrons.